The number of carbonyl (C=O) groups is 1. The molecule has 1 aliphatic heterocycles. The van der Waals surface area contributed by atoms with E-state index in [0.29, 0.717) is 10.6 Å². The molecule has 1 heterocycles. The van der Waals surface area contributed by atoms with E-state index in [-0.39, 0.29) is 0 Å². The van der Waals surface area contributed by atoms with E-state index in [9.17, 15) is 4.79 Å². The summed E-state index contributed by atoms with van der Waals surface area (Å²) in [5, 5.41) is 0.546. The van der Waals surface area contributed by atoms with Crippen molar-refractivity contribution in [2.45, 2.75) is 6.42 Å². The quantitative estimate of drug-likeness (QED) is 0.758. The van der Waals surface area contributed by atoms with Crippen LogP contribution in [0.1, 0.15) is 16.8 Å². The monoisotopic (exact) mass is 255 g/mol. The SMILES string of the molecule is O=Cc1c(Cl)cccc1N1CCCSCC1. The number of hydrogen-bond acceptors (Lipinski definition) is 3. The van der Waals surface area contributed by atoms with Gasteiger partial charge in [-0.1, -0.05) is 17.7 Å². The minimum Gasteiger partial charge on any atom is -0.370 e. The van der Waals surface area contributed by atoms with Crippen LogP contribution in [0.4, 0.5) is 5.69 Å². The summed E-state index contributed by atoms with van der Waals surface area (Å²) in [6.45, 7) is 2.00. The van der Waals surface area contributed by atoms with Crippen molar-refractivity contribution in [3.63, 3.8) is 0 Å². The van der Waals surface area contributed by atoms with Crippen molar-refractivity contribution in [3.8, 4) is 0 Å². The average Bonchev–Trinajstić information content (AvgIpc) is 2.57. The Morgan fingerprint density at radius 2 is 2.19 bits per heavy atom. The number of halogens is 1. The molecule has 2 rings (SSSR count). The standard InChI is InChI=1S/C12H14ClNOS/c13-11-3-1-4-12(10(11)9-15)14-5-2-7-16-8-6-14/h1,3-4,9H,2,5-8H2. The summed E-state index contributed by atoms with van der Waals surface area (Å²) in [7, 11) is 0. The number of thioether (sulfide) groups is 1. The molecular weight excluding hydrogens is 242 g/mol. The number of nitrogens with zero attached hydrogens (tertiary/aromatic N) is 1. The van der Waals surface area contributed by atoms with E-state index in [2.05, 4.69) is 4.90 Å². The molecule has 0 N–H and O–H groups in total. The van der Waals surface area contributed by atoms with Crippen LogP contribution < -0.4 is 4.90 Å². The molecule has 1 aliphatic rings. The number of carbonyl (C=O) groups excluding carboxylic acids is 1. The molecule has 0 aromatic heterocycles. The third kappa shape index (κ3) is 2.53. The van der Waals surface area contributed by atoms with Gasteiger partial charge in [-0.15, -0.1) is 0 Å². The van der Waals surface area contributed by atoms with Gasteiger partial charge in [0.05, 0.1) is 10.6 Å². The Morgan fingerprint density at radius 3 is 3.00 bits per heavy atom. The topological polar surface area (TPSA) is 20.3 Å². The maximum absolute atomic E-state index is 11.1. The van der Waals surface area contributed by atoms with Crippen molar-refractivity contribution < 1.29 is 4.79 Å². The van der Waals surface area contributed by atoms with E-state index in [0.717, 1.165) is 37.2 Å². The molecule has 1 fully saturated rings. The summed E-state index contributed by atoms with van der Waals surface area (Å²) in [4.78, 5) is 13.3. The van der Waals surface area contributed by atoms with E-state index < -0.39 is 0 Å². The van der Waals surface area contributed by atoms with Crippen molar-refractivity contribution in [2.24, 2.45) is 0 Å². The van der Waals surface area contributed by atoms with E-state index in [1.165, 1.54) is 5.75 Å². The van der Waals surface area contributed by atoms with Crippen molar-refractivity contribution in [2.75, 3.05) is 29.5 Å². The number of hydrogen-bond donors (Lipinski definition) is 0. The van der Waals surface area contributed by atoms with Crippen LogP contribution in [0.2, 0.25) is 5.02 Å². The average molecular weight is 256 g/mol. The van der Waals surface area contributed by atoms with Crippen LogP contribution in [0.25, 0.3) is 0 Å². The third-order valence-corrected chi connectivity index (χ3v) is 4.09. The maximum atomic E-state index is 11.1. The van der Waals surface area contributed by atoms with Gasteiger partial charge < -0.3 is 4.90 Å². The maximum Gasteiger partial charge on any atom is 0.153 e. The van der Waals surface area contributed by atoms with E-state index in [1.807, 2.05) is 23.9 Å². The van der Waals surface area contributed by atoms with Crippen LogP contribution in [-0.2, 0) is 0 Å². The van der Waals surface area contributed by atoms with Gasteiger partial charge in [0.2, 0.25) is 0 Å². The molecule has 1 aromatic rings. The normalized spacial score (nSPS) is 16.9. The number of anilines is 1. The lowest BCUT2D eigenvalue weighted by Crippen LogP contribution is -2.26. The Kier molecular flexibility index (Phi) is 4.13. The highest BCUT2D eigenvalue weighted by Crippen LogP contribution is 2.27. The second kappa shape index (κ2) is 5.60. The van der Waals surface area contributed by atoms with Crippen LogP contribution in [0, 0.1) is 0 Å². The Hall–Kier alpha value is -0.670. The molecule has 0 atom stereocenters. The molecule has 16 heavy (non-hydrogen) atoms. The third-order valence-electron chi connectivity index (χ3n) is 2.71. The van der Waals surface area contributed by atoms with Gasteiger partial charge in [-0.3, -0.25) is 4.79 Å². The fourth-order valence-electron chi connectivity index (χ4n) is 1.91. The molecule has 0 amide bonds. The second-order valence-corrected chi connectivity index (χ2v) is 5.38. The smallest absolute Gasteiger partial charge is 0.153 e. The number of benzene rings is 1. The Balaban J connectivity index is 2.30. The van der Waals surface area contributed by atoms with Crippen LogP contribution in [-0.4, -0.2) is 30.9 Å². The minimum atomic E-state index is 0.546. The molecule has 1 aromatic carbocycles. The summed E-state index contributed by atoms with van der Waals surface area (Å²) in [6, 6.07) is 5.65. The largest absolute Gasteiger partial charge is 0.370 e. The van der Waals surface area contributed by atoms with Crippen molar-refractivity contribution in [3.05, 3.63) is 28.8 Å². The lowest BCUT2D eigenvalue weighted by Gasteiger charge is -2.24. The molecule has 0 bridgehead atoms. The summed E-state index contributed by atoms with van der Waals surface area (Å²) in [5.41, 5.74) is 1.60. The van der Waals surface area contributed by atoms with Gasteiger partial charge in [0.1, 0.15) is 0 Å². The van der Waals surface area contributed by atoms with Gasteiger partial charge in [0.25, 0.3) is 0 Å². The van der Waals surface area contributed by atoms with Gasteiger partial charge >= 0.3 is 0 Å². The van der Waals surface area contributed by atoms with Gasteiger partial charge in [0.15, 0.2) is 6.29 Å². The molecule has 0 aliphatic carbocycles. The van der Waals surface area contributed by atoms with E-state index in [4.69, 9.17) is 11.6 Å². The summed E-state index contributed by atoms with van der Waals surface area (Å²) in [5.74, 6) is 2.32. The first kappa shape index (κ1) is 11.8. The highest BCUT2D eigenvalue weighted by molar-refractivity contribution is 7.99. The number of aldehydes is 1. The van der Waals surface area contributed by atoms with Crippen LogP contribution in [0.3, 0.4) is 0 Å². The minimum absolute atomic E-state index is 0.546. The highest BCUT2D eigenvalue weighted by atomic mass is 35.5. The molecule has 0 unspecified atom stereocenters. The lowest BCUT2D eigenvalue weighted by atomic mass is 10.1. The van der Waals surface area contributed by atoms with Gasteiger partial charge in [0, 0.05) is 24.5 Å². The van der Waals surface area contributed by atoms with Gasteiger partial charge in [-0.2, -0.15) is 11.8 Å². The molecule has 0 saturated carbocycles. The molecule has 2 nitrogen and oxygen atoms in total. The lowest BCUT2D eigenvalue weighted by molar-refractivity contribution is 0.112. The Morgan fingerprint density at radius 1 is 1.31 bits per heavy atom. The number of rotatable bonds is 2. The first-order valence-electron chi connectivity index (χ1n) is 5.39. The molecule has 0 radical (unpaired) electrons. The van der Waals surface area contributed by atoms with Crippen LogP contribution in [0.5, 0.6) is 0 Å². The van der Waals surface area contributed by atoms with Crippen LogP contribution in [0.15, 0.2) is 18.2 Å². The van der Waals surface area contributed by atoms with E-state index in [1.54, 1.807) is 6.07 Å². The molecule has 0 spiro atoms. The Bertz CT molecular complexity index is 375. The van der Waals surface area contributed by atoms with Gasteiger partial charge in [-0.05, 0) is 24.3 Å². The fourth-order valence-corrected chi connectivity index (χ4v) is 3.01. The van der Waals surface area contributed by atoms with Crippen molar-refractivity contribution in [1.82, 2.24) is 0 Å². The van der Waals surface area contributed by atoms with Crippen molar-refractivity contribution in [1.29, 1.82) is 0 Å². The van der Waals surface area contributed by atoms with Crippen molar-refractivity contribution >= 4 is 35.3 Å². The molecule has 86 valence electrons. The zero-order chi connectivity index (χ0) is 11.4. The second-order valence-electron chi connectivity index (χ2n) is 3.74. The predicted molar refractivity (Wildman–Crippen MR) is 71.0 cm³/mol. The van der Waals surface area contributed by atoms with E-state index >= 15 is 0 Å². The zero-order valence-electron chi connectivity index (χ0n) is 8.99. The molecular formula is C12H14ClNOS. The summed E-state index contributed by atoms with van der Waals surface area (Å²) < 4.78 is 0. The van der Waals surface area contributed by atoms with Gasteiger partial charge in [-0.25, -0.2) is 0 Å². The molecule has 4 heteroatoms. The summed E-state index contributed by atoms with van der Waals surface area (Å²) in [6.07, 6.45) is 2.02. The Labute approximate surface area is 105 Å². The first-order chi connectivity index (χ1) is 7.83. The predicted octanol–water partition coefficient (Wildman–Crippen LogP) is 3.10. The summed E-state index contributed by atoms with van der Waals surface area (Å²) >= 11 is 8.00. The molecule has 1 saturated heterocycles. The highest BCUT2D eigenvalue weighted by Gasteiger charge is 2.14. The van der Waals surface area contributed by atoms with Crippen LogP contribution >= 0.6 is 23.4 Å². The fraction of sp³-hybridized carbons (Fsp3) is 0.417. The first-order valence-corrected chi connectivity index (χ1v) is 6.92. The zero-order valence-corrected chi connectivity index (χ0v) is 10.6.